The number of hydrogen-bond donors (Lipinski definition) is 0. The molecule has 0 atom stereocenters. The van der Waals surface area contributed by atoms with Crippen LogP contribution in [0.25, 0.3) is 0 Å². The minimum Gasteiger partial charge on any atom is -0.366 e. The highest BCUT2D eigenvalue weighted by Crippen LogP contribution is 2.13. The van der Waals surface area contributed by atoms with Crippen LogP contribution in [0.4, 0.5) is 0 Å². The van der Waals surface area contributed by atoms with Crippen LogP contribution in [-0.4, -0.2) is 21.1 Å². The summed E-state index contributed by atoms with van der Waals surface area (Å²) in [5.41, 5.74) is 0.433. The van der Waals surface area contributed by atoms with Crippen molar-refractivity contribution in [3.05, 3.63) is 41.3 Å². The van der Waals surface area contributed by atoms with Gasteiger partial charge in [-0.3, -0.25) is 0 Å². The molecular formula is C15H18O3S. The van der Waals surface area contributed by atoms with Crippen molar-refractivity contribution in [3.8, 4) is 11.8 Å². The zero-order valence-electron chi connectivity index (χ0n) is 11.6. The van der Waals surface area contributed by atoms with Gasteiger partial charge in [0.05, 0.1) is 4.90 Å². The average Bonchev–Trinajstić information content (AvgIpc) is 2.35. The molecule has 3 nitrogen and oxygen atoms in total. The van der Waals surface area contributed by atoms with Crippen LogP contribution >= 0.6 is 0 Å². The number of methoxy groups -OCH3 is 1. The van der Waals surface area contributed by atoms with Gasteiger partial charge in [0.2, 0.25) is 0 Å². The van der Waals surface area contributed by atoms with E-state index in [0.29, 0.717) is 0 Å². The second-order valence-corrected chi connectivity index (χ2v) is 6.48. The first kappa shape index (κ1) is 15.5. The van der Waals surface area contributed by atoms with Gasteiger partial charge in [-0.25, -0.2) is 8.42 Å². The van der Waals surface area contributed by atoms with E-state index in [2.05, 4.69) is 11.8 Å². The van der Waals surface area contributed by atoms with E-state index in [9.17, 15) is 8.42 Å². The number of allylic oxidation sites excluding steroid dienone is 1. The fourth-order valence-corrected chi connectivity index (χ4v) is 2.12. The number of sulfone groups is 1. The molecule has 0 spiro atoms. The molecule has 1 aromatic carbocycles. The maximum absolute atomic E-state index is 12.0. The first-order valence-electron chi connectivity index (χ1n) is 5.83. The van der Waals surface area contributed by atoms with Crippen LogP contribution in [0.2, 0.25) is 0 Å². The highest BCUT2D eigenvalue weighted by molar-refractivity contribution is 7.94. The third-order valence-electron chi connectivity index (χ3n) is 2.56. The van der Waals surface area contributed by atoms with Gasteiger partial charge >= 0.3 is 0 Å². The maximum atomic E-state index is 12.0. The molecule has 0 fully saturated rings. The Balaban J connectivity index is 2.89. The predicted octanol–water partition coefficient (Wildman–Crippen LogP) is 2.71. The minimum atomic E-state index is -3.43. The molecule has 1 rings (SSSR count). The minimum absolute atomic E-state index is 0.266. The number of aryl methyl sites for hydroxylation is 1. The lowest BCUT2D eigenvalue weighted by atomic mass is 10.1. The van der Waals surface area contributed by atoms with Gasteiger partial charge in [-0.15, -0.1) is 0 Å². The largest absolute Gasteiger partial charge is 0.366 e. The maximum Gasteiger partial charge on any atom is 0.200 e. The SMILES string of the molecule is COC(C)(C)C#CC=CS(=O)(=O)c1ccc(C)cc1. The fraction of sp³-hybridized carbons (Fsp3) is 0.333. The summed E-state index contributed by atoms with van der Waals surface area (Å²) in [5, 5.41) is 1.11. The molecule has 0 saturated heterocycles. The third-order valence-corrected chi connectivity index (χ3v) is 3.99. The number of benzene rings is 1. The van der Waals surface area contributed by atoms with E-state index in [-0.39, 0.29) is 4.90 Å². The second kappa shape index (κ2) is 6.05. The Morgan fingerprint density at radius 3 is 2.32 bits per heavy atom. The standard InChI is InChI=1S/C15H18O3S/c1-13-7-9-14(10-8-13)19(16,17)12-6-5-11-15(2,3)18-4/h6-10,12H,1-4H3. The first-order valence-corrected chi connectivity index (χ1v) is 7.38. The van der Waals surface area contributed by atoms with Crippen LogP contribution in [-0.2, 0) is 14.6 Å². The zero-order valence-corrected chi connectivity index (χ0v) is 12.4. The molecule has 0 aliphatic rings. The number of hydrogen-bond acceptors (Lipinski definition) is 3. The van der Waals surface area contributed by atoms with E-state index in [1.165, 1.54) is 6.08 Å². The van der Waals surface area contributed by atoms with Crippen molar-refractivity contribution < 1.29 is 13.2 Å². The van der Waals surface area contributed by atoms with Crippen LogP contribution in [0, 0.1) is 18.8 Å². The summed E-state index contributed by atoms with van der Waals surface area (Å²) in [5.74, 6) is 5.50. The van der Waals surface area contributed by atoms with Crippen LogP contribution < -0.4 is 0 Å². The van der Waals surface area contributed by atoms with Gasteiger partial charge in [-0.2, -0.15) is 0 Å². The van der Waals surface area contributed by atoms with Gasteiger partial charge in [0, 0.05) is 12.5 Å². The summed E-state index contributed by atoms with van der Waals surface area (Å²) in [7, 11) is -1.87. The van der Waals surface area contributed by atoms with Gasteiger partial charge in [-0.1, -0.05) is 29.5 Å². The van der Waals surface area contributed by atoms with Gasteiger partial charge < -0.3 is 4.74 Å². The fourth-order valence-electron chi connectivity index (χ4n) is 1.20. The molecule has 0 heterocycles. The molecule has 0 radical (unpaired) electrons. The summed E-state index contributed by atoms with van der Waals surface area (Å²) < 4.78 is 29.0. The summed E-state index contributed by atoms with van der Waals surface area (Å²) in [6, 6.07) is 6.70. The molecule has 0 aliphatic heterocycles. The third kappa shape index (κ3) is 4.90. The summed E-state index contributed by atoms with van der Waals surface area (Å²) in [6.07, 6.45) is 1.33. The molecule has 0 saturated carbocycles. The summed E-state index contributed by atoms with van der Waals surface area (Å²) in [6.45, 7) is 5.52. The van der Waals surface area contributed by atoms with E-state index < -0.39 is 15.4 Å². The average molecular weight is 278 g/mol. The van der Waals surface area contributed by atoms with Crippen LogP contribution in [0.5, 0.6) is 0 Å². The molecule has 102 valence electrons. The number of ether oxygens (including phenoxy) is 1. The molecule has 0 N–H and O–H groups in total. The Morgan fingerprint density at radius 2 is 1.79 bits per heavy atom. The van der Waals surface area contributed by atoms with Crippen LogP contribution in [0.15, 0.2) is 40.6 Å². The van der Waals surface area contributed by atoms with E-state index in [4.69, 9.17) is 4.74 Å². The van der Waals surface area contributed by atoms with Crippen molar-refractivity contribution >= 4 is 9.84 Å². The summed E-state index contributed by atoms with van der Waals surface area (Å²) in [4.78, 5) is 0.266. The molecule has 0 bridgehead atoms. The molecule has 1 aromatic rings. The zero-order chi connectivity index (χ0) is 14.5. The second-order valence-electron chi connectivity index (χ2n) is 4.64. The Bertz CT molecular complexity index is 612. The van der Waals surface area contributed by atoms with E-state index in [0.717, 1.165) is 11.0 Å². The molecule has 0 aromatic heterocycles. The van der Waals surface area contributed by atoms with E-state index in [1.807, 2.05) is 20.8 Å². The highest BCUT2D eigenvalue weighted by Gasteiger charge is 2.11. The van der Waals surface area contributed by atoms with E-state index in [1.54, 1.807) is 31.4 Å². The lowest BCUT2D eigenvalue weighted by Gasteiger charge is -2.13. The predicted molar refractivity (Wildman–Crippen MR) is 76.4 cm³/mol. The molecule has 19 heavy (non-hydrogen) atoms. The smallest absolute Gasteiger partial charge is 0.200 e. The van der Waals surface area contributed by atoms with Gasteiger partial charge in [0.15, 0.2) is 9.84 Å². The van der Waals surface area contributed by atoms with Gasteiger partial charge in [0.25, 0.3) is 0 Å². The highest BCUT2D eigenvalue weighted by atomic mass is 32.2. The monoisotopic (exact) mass is 278 g/mol. The van der Waals surface area contributed by atoms with Crippen molar-refractivity contribution in [2.45, 2.75) is 31.3 Å². The topological polar surface area (TPSA) is 43.4 Å². The van der Waals surface area contributed by atoms with Crippen molar-refractivity contribution in [1.82, 2.24) is 0 Å². The number of rotatable bonds is 3. The quantitative estimate of drug-likeness (QED) is 0.798. The van der Waals surface area contributed by atoms with Crippen molar-refractivity contribution in [2.75, 3.05) is 7.11 Å². The van der Waals surface area contributed by atoms with Crippen molar-refractivity contribution in [1.29, 1.82) is 0 Å². The van der Waals surface area contributed by atoms with Crippen LogP contribution in [0.1, 0.15) is 19.4 Å². The van der Waals surface area contributed by atoms with Gasteiger partial charge in [0.1, 0.15) is 5.60 Å². The molecule has 4 heteroatoms. The first-order chi connectivity index (χ1) is 8.77. The van der Waals surface area contributed by atoms with Gasteiger partial charge in [-0.05, 0) is 39.0 Å². The molecule has 0 aliphatic carbocycles. The Labute approximate surface area is 115 Å². The van der Waals surface area contributed by atoms with Crippen molar-refractivity contribution in [3.63, 3.8) is 0 Å². The van der Waals surface area contributed by atoms with Crippen LogP contribution in [0.3, 0.4) is 0 Å². The summed E-state index contributed by atoms with van der Waals surface area (Å²) >= 11 is 0. The lowest BCUT2D eigenvalue weighted by molar-refractivity contribution is 0.0742. The molecule has 0 unspecified atom stereocenters. The normalized spacial score (nSPS) is 12.2. The van der Waals surface area contributed by atoms with Crippen molar-refractivity contribution in [2.24, 2.45) is 0 Å². The Hall–Kier alpha value is -1.57. The molecule has 0 amide bonds. The Kier molecular flexibility index (Phi) is 4.93. The lowest BCUT2D eigenvalue weighted by Crippen LogP contribution is -2.18. The Morgan fingerprint density at radius 1 is 1.21 bits per heavy atom. The van der Waals surface area contributed by atoms with E-state index >= 15 is 0 Å². The molecular weight excluding hydrogens is 260 g/mol.